The lowest BCUT2D eigenvalue weighted by molar-refractivity contribution is 0.0227. The molecule has 2 aromatic carbocycles. The van der Waals surface area contributed by atoms with Crippen LogP contribution in [0.3, 0.4) is 0 Å². The number of carbonyl (C=O) groups is 1. The van der Waals surface area contributed by atoms with Crippen molar-refractivity contribution < 1.29 is 9.53 Å². The zero-order valence-electron chi connectivity index (χ0n) is 15.7. The Kier molecular flexibility index (Phi) is 6.46. The van der Waals surface area contributed by atoms with Crippen molar-refractivity contribution in [2.45, 2.75) is 33.1 Å². The normalized spacial score (nSPS) is 15.6. The first-order valence-electron chi connectivity index (χ1n) is 9.28. The molecule has 0 aromatic heterocycles. The first-order chi connectivity index (χ1) is 12.8. The van der Waals surface area contributed by atoms with E-state index in [4.69, 9.17) is 27.9 Å². The maximum Gasteiger partial charge on any atom is 0.255 e. The molecule has 0 bridgehead atoms. The van der Waals surface area contributed by atoms with Crippen molar-refractivity contribution in [3.05, 3.63) is 63.6 Å². The minimum atomic E-state index is -0.205. The Morgan fingerprint density at radius 3 is 2.37 bits per heavy atom. The molecule has 5 heteroatoms. The van der Waals surface area contributed by atoms with Gasteiger partial charge in [0.25, 0.3) is 5.91 Å². The molecule has 3 nitrogen and oxygen atoms in total. The number of hydrogen-bond donors (Lipinski definition) is 1. The highest BCUT2D eigenvalue weighted by molar-refractivity contribution is 6.42. The maximum absolute atomic E-state index is 12.4. The Balaban J connectivity index is 1.62. The summed E-state index contributed by atoms with van der Waals surface area (Å²) in [7, 11) is 0. The van der Waals surface area contributed by atoms with Crippen LogP contribution in [0, 0.1) is 11.3 Å². The molecule has 0 unspecified atom stereocenters. The zero-order valence-corrected chi connectivity index (χ0v) is 17.2. The third kappa shape index (κ3) is 5.25. The lowest BCUT2D eigenvalue weighted by atomic mass is 9.71. The second kappa shape index (κ2) is 8.64. The van der Waals surface area contributed by atoms with Gasteiger partial charge in [-0.25, -0.2) is 0 Å². The zero-order chi connectivity index (χ0) is 19.4. The number of nitrogens with one attached hydrogen (secondary N) is 1. The van der Waals surface area contributed by atoms with Crippen LogP contribution in [0.1, 0.15) is 42.6 Å². The number of amides is 1. The highest BCUT2D eigenvalue weighted by Crippen LogP contribution is 2.37. The molecular weight excluding hydrogens is 381 g/mol. The molecule has 1 saturated heterocycles. The van der Waals surface area contributed by atoms with Crippen molar-refractivity contribution in [1.82, 2.24) is 0 Å². The fourth-order valence-electron chi connectivity index (χ4n) is 3.70. The number of hydrogen-bond acceptors (Lipinski definition) is 2. The third-order valence-electron chi connectivity index (χ3n) is 5.38. The number of rotatable bonds is 5. The van der Waals surface area contributed by atoms with Gasteiger partial charge in [0, 0.05) is 24.5 Å². The van der Waals surface area contributed by atoms with Crippen LogP contribution in [-0.4, -0.2) is 19.1 Å². The van der Waals surface area contributed by atoms with E-state index in [0.717, 1.165) is 38.2 Å². The van der Waals surface area contributed by atoms with Crippen molar-refractivity contribution in [2.75, 3.05) is 18.5 Å². The lowest BCUT2D eigenvalue weighted by Crippen LogP contribution is -2.31. The summed E-state index contributed by atoms with van der Waals surface area (Å²) < 4.78 is 5.49. The van der Waals surface area contributed by atoms with Gasteiger partial charge >= 0.3 is 0 Å². The van der Waals surface area contributed by atoms with Gasteiger partial charge in [-0.2, -0.15) is 0 Å². The first kappa shape index (κ1) is 20.2. The summed E-state index contributed by atoms with van der Waals surface area (Å²) in [6.07, 6.45) is 3.27. The molecule has 1 aliphatic heterocycles. The topological polar surface area (TPSA) is 38.3 Å². The van der Waals surface area contributed by atoms with Crippen molar-refractivity contribution >= 4 is 34.8 Å². The second-order valence-corrected chi connectivity index (χ2v) is 8.65. The van der Waals surface area contributed by atoms with Gasteiger partial charge in [-0.05, 0) is 66.5 Å². The Labute approximate surface area is 171 Å². The quantitative estimate of drug-likeness (QED) is 0.638. The van der Waals surface area contributed by atoms with E-state index in [-0.39, 0.29) is 11.3 Å². The lowest BCUT2D eigenvalue weighted by Gasteiger charge is -2.37. The number of ether oxygens (including phenoxy) is 1. The third-order valence-corrected chi connectivity index (χ3v) is 6.12. The molecule has 2 aromatic rings. The van der Waals surface area contributed by atoms with E-state index in [1.165, 1.54) is 5.56 Å². The van der Waals surface area contributed by atoms with E-state index in [9.17, 15) is 4.79 Å². The van der Waals surface area contributed by atoms with Crippen LogP contribution >= 0.6 is 23.2 Å². The highest BCUT2D eigenvalue weighted by Gasteiger charge is 2.31. The summed E-state index contributed by atoms with van der Waals surface area (Å²) in [6, 6.07) is 12.9. The van der Waals surface area contributed by atoms with Gasteiger partial charge in [-0.1, -0.05) is 49.2 Å². The summed E-state index contributed by atoms with van der Waals surface area (Å²) in [5.41, 5.74) is 2.75. The number of halogens is 2. The predicted octanol–water partition coefficient (Wildman–Crippen LogP) is 6.24. The summed E-state index contributed by atoms with van der Waals surface area (Å²) >= 11 is 11.9. The minimum Gasteiger partial charge on any atom is -0.381 e. The molecule has 1 N–H and O–H groups in total. The summed E-state index contributed by atoms with van der Waals surface area (Å²) in [5, 5.41) is 3.71. The number of carbonyl (C=O) groups excluding carboxylic acids is 1. The van der Waals surface area contributed by atoms with E-state index in [0.29, 0.717) is 21.5 Å². The van der Waals surface area contributed by atoms with E-state index in [1.54, 1.807) is 18.2 Å². The fourth-order valence-corrected chi connectivity index (χ4v) is 3.99. The average molecular weight is 406 g/mol. The van der Waals surface area contributed by atoms with Crippen LogP contribution in [0.15, 0.2) is 42.5 Å². The molecule has 1 amide bonds. The molecule has 1 heterocycles. The van der Waals surface area contributed by atoms with Gasteiger partial charge in [0.05, 0.1) is 10.0 Å². The van der Waals surface area contributed by atoms with Crippen LogP contribution in [0.4, 0.5) is 5.69 Å². The molecule has 0 atom stereocenters. The van der Waals surface area contributed by atoms with Crippen molar-refractivity contribution in [3.8, 4) is 0 Å². The van der Waals surface area contributed by atoms with Crippen LogP contribution in [0.2, 0.25) is 10.0 Å². The molecule has 144 valence electrons. The predicted molar refractivity (Wildman–Crippen MR) is 112 cm³/mol. The standard InChI is InChI=1S/C22H25Cl2NO2/c1-22(2,17-9-11-27-12-10-17)14-15-3-6-18(7-4-15)25-21(26)16-5-8-19(23)20(24)13-16/h3-8,13,17H,9-12,14H2,1-2H3,(H,25,26). The van der Waals surface area contributed by atoms with Gasteiger partial charge in [-0.15, -0.1) is 0 Å². The van der Waals surface area contributed by atoms with E-state index in [1.807, 2.05) is 12.1 Å². The summed E-state index contributed by atoms with van der Waals surface area (Å²) in [5.74, 6) is 0.476. The van der Waals surface area contributed by atoms with Crippen LogP contribution in [-0.2, 0) is 11.2 Å². The van der Waals surface area contributed by atoms with Crippen LogP contribution in [0.25, 0.3) is 0 Å². The summed E-state index contributed by atoms with van der Waals surface area (Å²) in [6.45, 7) is 6.41. The SMILES string of the molecule is CC(C)(Cc1ccc(NC(=O)c2ccc(Cl)c(Cl)c2)cc1)C1CCOCC1. The number of anilines is 1. The molecule has 1 aliphatic rings. The van der Waals surface area contributed by atoms with E-state index >= 15 is 0 Å². The van der Waals surface area contributed by atoms with Crippen LogP contribution < -0.4 is 5.32 Å². The molecule has 0 spiro atoms. The monoisotopic (exact) mass is 405 g/mol. The van der Waals surface area contributed by atoms with Gasteiger partial charge in [-0.3, -0.25) is 4.79 Å². The van der Waals surface area contributed by atoms with Crippen molar-refractivity contribution in [1.29, 1.82) is 0 Å². The van der Waals surface area contributed by atoms with Gasteiger partial charge < -0.3 is 10.1 Å². The molecule has 3 rings (SSSR count). The van der Waals surface area contributed by atoms with Gasteiger partial charge in [0.2, 0.25) is 0 Å². The molecule has 0 radical (unpaired) electrons. The largest absolute Gasteiger partial charge is 0.381 e. The Morgan fingerprint density at radius 1 is 1.07 bits per heavy atom. The van der Waals surface area contributed by atoms with E-state index < -0.39 is 0 Å². The molecule has 0 saturated carbocycles. The smallest absolute Gasteiger partial charge is 0.255 e. The highest BCUT2D eigenvalue weighted by atomic mass is 35.5. The molecule has 27 heavy (non-hydrogen) atoms. The van der Waals surface area contributed by atoms with Crippen LogP contribution in [0.5, 0.6) is 0 Å². The van der Waals surface area contributed by atoms with Gasteiger partial charge in [0.15, 0.2) is 0 Å². The maximum atomic E-state index is 12.4. The van der Waals surface area contributed by atoms with Crippen molar-refractivity contribution in [3.63, 3.8) is 0 Å². The number of benzene rings is 2. The van der Waals surface area contributed by atoms with Gasteiger partial charge in [0.1, 0.15) is 0 Å². The average Bonchev–Trinajstić information content (AvgIpc) is 2.66. The Morgan fingerprint density at radius 2 is 1.74 bits per heavy atom. The Hall–Kier alpha value is -1.55. The second-order valence-electron chi connectivity index (χ2n) is 7.83. The first-order valence-corrected chi connectivity index (χ1v) is 10.0. The summed E-state index contributed by atoms with van der Waals surface area (Å²) in [4.78, 5) is 12.4. The fraction of sp³-hybridized carbons (Fsp3) is 0.409. The molecule has 1 fully saturated rings. The molecule has 0 aliphatic carbocycles. The molecular formula is C22H25Cl2NO2. The van der Waals surface area contributed by atoms with Crippen molar-refractivity contribution in [2.24, 2.45) is 11.3 Å². The van der Waals surface area contributed by atoms with E-state index in [2.05, 4.69) is 31.3 Å². The minimum absolute atomic E-state index is 0.205. The Bertz CT molecular complexity index is 796.